The van der Waals surface area contributed by atoms with Crippen LogP contribution in [-0.2, 0) is 6.54 Å². The van der Waals surface area contributed by atoms with Crippen LogP contribution in [0.5, 0.6) is 0 Å². The first-order valence-corrected chi connectivity index (χ1v) is 10.8. The minimum Gasteiger partial charge on any atom is -0.463 e. The maximum absolute atomic E-state index is 13.7. The van der Waals surface area contributed by atoms with E-state index in [0.29, 0.717) is 28.9 Å². The zero-order valence-corrected chi connectivity index (χ0v) is 17.9. The number of rotatable bonds is 5. The Labute approximate surface area is 182 Å². The third-order valence-corrected chi connectivity index (χ3v) is 6.22. The smallest absolute Gasteiger partial charge is 0.274 e. The van der Waals surface area contributed by atoms with E-state index in [4.69, 9.17) is 4.42 Å². The Hall–Kier alpha value is -3.45. The van der Waals surface area contributed by atoms with Crippen LogP contribution in [0, 0.1) is 5.82 Å². The van der Waals surface area contributed by atoms with Gasteiger partial charge in [0.25, 0.3) is 5.91 Å². The maximum atomic E-state index is 13.7. The summed E-state index contributed by atoms with van der Waals surface area (Å²) in [5.41, 5.74) is 4.66. The fourth-order valence-electron chi connectivity index (χ4n) is 3.67. The van der Waals surface area contributed by atoms with Gasteiger partial charge in [0, 0.05) is 18.7 Å². The molecule has 0 spiro atoms. The van der Waals surface area contributed by atoms with Crippen molar-refractivity contribution >= 4 is 43.7 Å². The lowest BCUT2D eigenvalue weighted by Gasteiger charge is -2.10. The summed E-state index contributed by atoms with van der Waals surface area (Å²) in [7, 11) is 0. The predicted molar refractivity (Wildman–Crippen MR) is 121 cm³/mol. The first-order valence-electron chi connectivity index (χ1n) is 10.0. The van der Waals surface area contributed by atoms with E-state index in [1.54, 1.807) is 24.5 Å². The topological polar surface area (TPSA) is 60.1 Å². The largest absolute Gasteiger partial charge is 0.463 e. The molecule has 1 amide bonds. The molecule has 0 aliphatic carbocycles. The quantitative estimate of drug-likeness (QED) is 0.348. The van der Waals surface area contributed by atoms with Crippen LogP contribution in [-0.4, -0.2) is 15.5 Å². The van der Waals surface area contributed by atoms with Crippen molar-refractivity contribution < 1.29 is 13.6 Å². The fourth-order valence-corrected chi connectivity index (χ4v) is 4.58. The molecule has 0 bridgehead atoms. The van der Waals surface area contributed by atoms with Gasteiger partial charge in [0.15, 0.2) is 10.7 Å². The molecule has 0 saturated carbocycles. The van der Waals surface area contributed by atoms with Crippen molar-refractivity contribution in [3.8, 4) is 0 Å². The van der Waals surface area contributed by atoms with Crippen LogP contribution in [0.15, 0.2) is 65.3 Å². The Kier molecular flexibility index (Phi) is 4.82. The highest BCUT2D eigenvalue weighted by Gasteiger charge is 2.19. The number of benzene rings is 2. The Morgan fingerprint density at radius 3 is 2.87 bits per heavy atom. The van der Waals surface area contributed by atoms with Crippen molar-refractivity contribution in [1.29, 1.82) is 0 Å². The molecule has 2 aromatic carbocycles. The molecule has 5 rings (SSSR count). The van der Waals surface area contributed by atoms with Gasteiger partial charge in [-0.25, -0.2) is 9.37 Å². The number of furan rings is 1. The Bertz CT molecular complexity index is 1410. The molecule has 0 radical (unpaired) electrons. The van der Waals surface area contributed by atoms with E-state index < -0.39 is 0 Å². The summed E-state index contributed by atoms with van der Waals surface area (Å²) in [6.07, 6.45) is 1.58. The van der Waals surface area contributed by atoms with E-state index in [2.05, 4.69) is 36.3 Å². The van der Waals surface area contributed by atoms with Gasteiger partial charge in [0.1, 0.15) is 11.5 Å². The molecule has 156 valence electrons. The molecule has 0 aliphatic rings. The van der Waals surface area contributed by atoms with Gasteiger partial charge in [-0.2, -0.15) is 0 Å². The molecule has 5 aromatic rings. The summed E-state index contributed by atoms with van der Waals surface area (Å²) in [5, 5.41) is 3.45. The average molecular weight is 434 g/mol. The molecule has 1 N–H and O–H groups in total. The van der Waals surface area contributed by atoms with Gasteiger partial charge in [0.2, 0.25) is 0 Å². The zero-order valence-electron chi connectivity index (χ0n) is 17.1. The summed E-state index contributed by atoms with van der Waals surface area (Å²) in [6, 6.07) is 16.0. The number of anilines is 1. The number of aromatic nitrogens is 2. The molecule has 5 nitrogen and oxygen atoms in total. The number of hydrogen-bond donors (Lipinski definition) is 1. The third kappa shape index (κ3) is 3.72. The van der Waals surface area contributed by atoms with Crippen molar-refractivity contribution in [2.45, 2.75) is 26.3 Å². The minimum atomic E-state index is -0.311. The van der Waals surface area contributed by atoms with Crippen LogP contribution >= 0.6 is 11.3 Å². The summed E-state index contributed by atoms with van der Waals surface area (Å²) >= 11 is 1.45. The van der Waals surface area contributed by atoms with Gasteiger partial charge >= 0.3 is 0 Å². The molecule has 0 atom stereocenters. The van der Waals surface area contributed by atoms with Gasteiger partial charge in [-0.3, -0.25) is 10.1 Å². The summed E-state index contributed by atoms with van der Waals surface area (Å²) in [6.45, 7) is 4.64. The molecule has 0 unspecified atom stereocenters. The molecular weight excluding hydrogens is 413 g/mol. The van der Waals surface area contributed by atoms with E-state index in [1.807, 2.05) is 16.7 Å². The Balaban J connectivity index is 1.47. The van der Waals surface area contributed by atoms with Crippen LogP contribution < -0.4 is 5.32 Å². The SMILES string of the molecule is CC(C)c1ccc2nc(NC(=O)c3cc4occc4n3Cc3cccc(F)c3)sc2c1. The fraction of sp³-hybridized carbons (Fsp3) is 0.167. The van der Waals surface area contributed by atoms with Gasteiger partial charge in [-0.15, -0.1) is 0 Å². The number of fused-ring (bicyclic) bond motifs is 2. The molecular formula is C24H20FN3O2S. The second kappa shape index (κ2) is 7.67. The van der Waals surface area contributed by atoms with Crippen molar-refractivity contribution in [3.63, 3.8) is 0 Å². The highest BCUT2D eigenvalue weighted by Crippen LogP contribution is 2.30. The molecule has 3 heterocycles. The second-order valence-electron chi connectivity index (χ2n) is 7.77. The Morgan fingerprint density at radius 2 is 2.06 bits per heavy atom. The number of nitrogens with zero attached hydrogens (tertiary/aromatic N) is 2. The number of carbonyl (C=O) groups is 1. The summed E-state index contributed by atoms with van der Waals surface area (Å²) < 4.78 is 22.0. The molecule has 31 heavy (non-hydrogen) atoms. The maximum Gasteiger partial charge on any atom is 0.274 e. The highest BCUT2D eigenvalue weighted by molar-refractivity contribution is 7.22. The van der Waals surface area contributed by atoms with Crippen LogP contribution in [0.3, 0.4) is 0 Å². The lowest BCUT2D eigenvalue weighted by atomic mass is 10.0. The standard InChI is InChI=1S/C24H20FN3O2S/c1-14(2)16-6-7-18-22(11-16)31-24(26-18)27-23(29)20-12-21-19(8-9-30-21)28(20)13-15-4-3-5-17(25)10-15/h3-12,14H,13H2,1-2H3,(H,26,27,29). The van der Waals surface area contributed by atoms with Crippen molar-refractivity contribution in [3.05, 3.63) is 83.5 Å². The van der Waals surface area contributed by atoms with Crippen LogP contribution in [0.2, 0.25) is 0 Å². The monoisotopic (exact) mass is 433 g/mol. The highest BCUT2D eigenvalue weighted by atomic mass is 32.1. The van der Waals surface area contributed by atoms with E-state index in [0.717, 1.165) is 21.3 Å². The van der Waals surface area contributed by atoms with Crippen LogP contribution in [0.4, 0.5) is 9.52 Å². The average Bonchev–Trinajstić information content (AvgIpc) is 3.42. The summed E-state index contributed by atoms with van der Waals surface area (Å²) in [4.78, 5) is 17.7. The Morgan fingerprint density at radius 1 is 1.19 bits per heavy atom. The number of hydrogen-bond acceptors (Lipinski definition) is 4. The second-order valence-corrected chi connectivity index (χ2v) is 8.80. The number of halogens is 1. The first kappa shape index (κ1) is 19.5. The van der Waals surface area contributed by atoms with E-state index >= 15 is 0 Å². The van der Waals surface area contributed by atoms with Crippen LogP contribution in [0.1, 0.15) is 41.4 Å². The van der Waals surface area contributed by atoms with E-state index in [1.165, 1.54) is 29.0 Å². The normalized spacial score (nSPS) is 11.6. The zero-order chi connectivity index (χ0) is 21.5. The molecule has 0 fully saturated rings. The summed E-state index contributed by atoms with van der Waals surface area (Å²) in [5.74, 6) is -0.175. The van der Waals surface area contributed by atoms with E-state index in [9.17, 15) is 9.18 Å². The van der Waals surface area contributed by atoms with Gasteiger partial charge in [0.05, 0.1) is 22.0 Å². The lowest BCUT2D eigenvalue weighted by molar-refractivity contribution is 0.101. The molecule has 0 saturated heterocycles. The minimum absolute atomic E-state index is 0.286. The number of amides is 1. The van der Waals surface area contributed by atoms with Crippen molar-refractivity contribution in [1.82, 2.24) is 9.55 Å². The van der Waals surface area contributed by atoms with Crippen LogP contribution in [0.25, 0.3) is 21.3 Å². The molecule has 3 aromatic heterocycles. The molecule has 7 heteroatoms. The lowest BCUT2D eigenvalue weighted by Crippen LogP contribution is -2.17. The van der Waals surface area contributed by atoms with E-state index in [-0.39, 0.29) is 11.7 Å². The first-order chi connectivity index (χ1) is 15.0. The molecule has 0 aliphatic heterocycles. The number of nitrogens with one attached hydrogen (secondary N) is 1. The van der Waals surface area contributed by atoms with Gasteiger partial charge in [-0.1, -0.05) is 43.4 Å². The van der Waals surface area contributed by atoms with Crippen molar-refractivity contribution in [2.24, 2.45) is 0 Å². The van der Waals surface area contributed by atoms with Gasteiger partial charge < -0.3 is 8.98 Å². The predicted octanol–water partition coefficient (Wildman–Crippen LogP) is 6.41. The van der Waals surface area contributed by atoms with Crippen molar-refractivity contribution in [2.75, 3.05) is 5.32 Å². The number of thiazole rings is 1. The number of carbonyl (C=O) groups excluding carboxylic acids is 1. The van der Waals surface area contributed by atoms with Gasteiger partial charge in [-0.05, 0) is 41.3 Å². The third-order valence-electron chi connectivity index (χ3n) is 5.28.